The molecule has 0 atom stereocenters. The lowest BCUT2D eigenvalue weighted by Crippen LogP contribution is -2.25. The minimum absolute atomic E-state index is 0.0507. The predicted octanol–water partition coefficient (Wildman–Crippen LogP) is 2.72. The maximum absolute atomic E-state index is 12.6. The molecule has 7 heteroatoms. The summed E-state index contributed by atoms with van der Waals surface area (Å²) in [5.74, 6) is -2.19. The fraction of sp³-hybridized carbons (Fsp3) is 0.214. The molecule has 0 radical (unpaired) electrons. The number of nitrogens with one attached hydrogen (secondary N) is 1. The average molecular weight is 299 g/mol. The van der Waals surface area contributed by atoms with Gasteiger partial charge < -0.3 is 14.8 Å². The molecule has 112 valence electrons. The smallest absolute Gasteiger partial charge is 0.450 e. The summed E-state index contributed by atoms with van der Waals surface area (Å²) in [6, 6.07) is 7.71. The summed E-state index contributed by atoms with van der Waals surface area (Å²) in [6.07, 6.45) is -3.89. The molecule has 0 aliphatic heterocycles. The SMILES string of the molecule is O=C(NCc1cccc(CO)c1)c1ccoc1C(F)(F)F. The number of benzene rings is 1. The van der Waals surface area contributed by atoms with Crippen molar-refractivity contribution in [2.45, 2.75) is 19.3 Å². The Hall–Kier alpha value is -2.28. The Balaban J connectivity index is 2.07. The molecule has 2 aromatic rings. The molecule has 0 fully saturated rings. The lowest BCUT2D eigenvalue weighted by molar-refractivity contribution is -0.153. The molecule has 21 heavy (non-hydrogen) atoms. The van der Waals surface area contributed by atoms with Crippen molar-refractivity contribution in [2.75, 3.05) is 0 Å². The first-order valence-corrected chi connectivity index (χ1v) is 6.03. The Labute approximate surface area is 118 Å². The van der Waals surface area contributed by atoms with Crippen LogP contribution in [0.15, 0.2) is 41.0 Å². The Bertz CT molecular complexity index is 634. The van der Waals surface area contributed by atoms with Gasteiger partial charge in [-0.05, 0) is 17.2 Å². The Morgan fingerprint density at radius 1 is 1.24 bits per heavy atom. The van der Waals surface area contributed by atoms with E-state index in [4.69, 9.17) is 5.11 Å². The number of aliphatic hydroxyl groups excluding tert-OH is 1. The predicted molar refractivity (Wildman–Crippen MR) is 67.2 cm³/mol. The molecule has 1 amide bonds. The van der Waals surface area contributed by atoms with Crippen LogP contribution in [0.4, 0.5) is 13.2 Å². The molecular formula is C14H12F3NO3. The zero-order valence-corrected chi connectivity index (χ0v) is 10.8. The molecule has 0 unspecified atom stereocenters. The largest absolute Gasteiger partial charge is 0.459 e. The van der Waals surface area contributed by atoms with Gasteiger partial charge in [-0.2, -0.15) is 13.2 Å². The molecule has 2 rings (SSSR count). The molecule has 0 aliphatic carbocycles. The zero-order valence-electron chi connectivity index (χ0n) is 10.8. The second-order valence-electron chi connectivity index (χ2n) is 4.32. The first-order valence-electron chi connectivity index (χ1n) is 6.03. The minimum atomic E-state index is -4.72. The van der Waals surface area contributed by atoms with Crippen LogP contribution in [0.5, 0.6) is 0 Å². The van der Waals surface area contributed by atoms with Crippen molar-refractivity contribution in [3.8, 4) is 0 Å². The van der Waals surface area contributed by atoms with E-state index in [-0.39, 0.29) is 13.2 Å². The van der Waals surface area contributed by atoms with Crippen molar-refractivity contribution in [3.63, 3.8) is 0 Å². The number of carbonyl (C=O) groups is 1. The third-order valence-electron chi connectivity index (χ3n) is 2.79. The van der Waals surface area contributed by atoms with E-state index >= 15 is 0 Å². The molecule has 0 bridgehead atoms. The highest BCUT2D eigenvalue weighted by Crippen LogP contribution is 2.32. The van der Waals surface area contributed by atoms with Crippen LogP contribution in [-0.2, 0) is 19.3 Å². The average Bonchev–Trinajstić information content (AvgIpc) is 2.94. The van der Waals surface area contributed by atoms with Crippen LogP contribution < -0.4 is 5.32 Å². The maximum atomic E-state index is 12.6. The molecule has 4 nitrogen and oxygen atoms in total. The Morgan fingerprint density at radius 2 is 1.95 bits per heavy atom. The summed E-state index contributed by atoms with van der Waals surface area (Å²) >= 11 is 0. The van der Waals surface area contributed by atoms with E-state index < -0.39 is 23.4 Å². The number of hydrogen-bond acceptors (Lipinski definition) is 3. The van der Waals surface area contributed by atoms with Crippen LogP contribution in [0.25, 0.3) is 0 Å². The number of aliphatic hydroxyl groups is 1. The normalized spacial score (nSPS) is 11.4. The Kier molecular flexibility index (Phi) is 4.32. The summed E-state index contributed by atoms with van der Waals surface area (Å²) in [7, 11) is 0. The molecule has 1 aromatic heterocycles. The lowest BCUT2D eigenvalue weighted by atomic mass is 10.1. The topological polar surface area (TPSA) is 62.5 Å². The van der Waals surface area contributed by atoms with Crippen molar-refractivity contribution in [1.29, 1.82) is 0 Å². The van der Waals surface area contributed by atoms with Gasteiger partial charge in [0.2, 0.25) is 5.76 Å². The van der Waals surface area contributed by atoms with E-state index in [0.717, 1.165) is 12.3 Å². The number of alkyl halides is 3. The highest BCUT2D eigenvalue weighted by molar-refractivity contribution is 5.95. The van der Waals surface area contributed by atoms with E-state index in [0.29, 0.717) is 11.1 Å². The number of carbonyl (C=O) groups excluding carboxylic acids is 1. The molecule has 0 saturated heterocycles. The first-order chi connectivity index (χ1) is 9.91. The molecule has 1 aromatic carbocycles. The number of hydrogen-bond donors (Lipinski definition) is 2. The summed E-state index contributed by atoms with van der Waals surface area (Å²) in [5, 5.41) is 11.4. The zero-order chi connectivity index (χ0) is 15.5. The van der Waals surface area contributed by atoms with Crippen LogP contribution >= 0.6 is 0 Å². The van der Waals surface area contributed by atoms with Crippen molar-refractivity contribution >= 4 is 5.91 Å². The van der Waals surface area contributed by atoms with Crippen molar-refractivity contribution in [3.05, 3.63) is 59.0 Å². The van der Waals surface area contributed by atoms with Crippen molar-refractivity contribution in [2.24, 2.45) is 0 Å². The summed E-state index contributed by atoms with van der Waals surface area (Å²) in [5.41, 5.74) is 0.772. The quantitative estimate of drug-likeness (QED) is 0.912. The fourth-order valence-corrected chi connectivity index (χ4v) is 1.82. The maximum Gasteiger partial charge on any atom is 0.450 e. The van der Waals surface area contributed by atoms with Crippen LogP contribution in [-0.4, -0.2) is 11.0 Å². The van der Waals surface area contributed by atoms with Crippen molar-refractivity contribution in [1.82, 2.24) is 5.32 Å². The third kappa shape index (κ3) is 3.63. The highest BCUT2D eigenvalue weighted by atomic mass is 19.4. The molecule has 0 aliphatic rings. The van der Waals surface area contributed by atoms with E-state index in [1.165, 1.54) is 0 Å². The monoisotopic (exact) mass is 299 g/mol. The van der Waals surface area contributed by atoms with Crippen molar-refractivity contribution < 1.29 is 27.5 Å². The number of halogens is 3. The van der Waals surface area contributed by atoms with E-state index in [2.05, 4.69) is 9.73 Å². The molecule has 2 N–H and O–H groups in total. The third-order valence-corrected chi connectivity index (χ3v) is 2.79. The lowest BCUT2D eigenvalue weighted by Gasteiger charge is -2.08. The van der Waals surface area contributed by atoms with Gasteiger partial charge in [-0.3, -0.25) is 4.79 Å². The summed E-state index contributed by atoms with van der Waals surface area (Å²) in [4.78, 5) is 11.8. The van der Waals surface area contributed by atoms with Gasteiger partial charge in [0.1, 0.15) is 0 Å². The second-order valence-corrected chi connectivity index (χ2v) is 4.32. The van der Waals surface area contributed by atoms with Gasteiger partial charge in [-0.1, -0.05) is 24.3 Å². The second kappa shape index (κ2) is 6.01. The summed E-state index contributed by atoms with van der Waals surface area (Å²) < 4.78 is 42.1. The molecular weight excluding hydrogens is 287 g/mol. The van der Waals surface area contributed by atoms with Gasteiger partial charge in [-0.25, -0.2) is 0 Å². The summed E-state index contributed by atoms with van der Waals surface area (Å²) in [6.45, 7) is -0.100. The number of furan rings is 1. The van der Waals surface area contributed by atoms with Gasteiger partial charge in [0.15, 0.2) is 0 Å². The highest BCUT2D eigenvalue weighted by Gasteiger charge is 2.39. The van der Waals surface area contributed by atoms with Gasteiger partial charge in [0.05, 0.1) is 18.4 Å². The number of amides is 1. The molecule has 1 heterocycles. The van der Waals surface area contributed by atoms with Crippen LogP contribution in [0, 0.1) is 0 Å². The molecule has 0 spiro atoms. The standard InChI is InChI=1S/C14H12F3NO3/c15-14(16,17)12-11(4-5-21-12)13(20)18-7-9-2-1-3-10(6-9)8-19/h1-6,19H,7-8H2,(H,18,20). The van der Waals surface area contributed by atoms with Crippen LogP contribution in [0.3, 0.4) is 0 Å². The van der Waals surface area contributed by atoms with Gasteiger partial charge >= 0.3 is 6.18 Å². The van der Waals surface area contributed by atoms with Crippen LogP contribution in [0.1, 0.15) is 27.2 Å². The van der Waals surface area contributed by atoms with Gasteiger partial charge in [-0.15, -0.1) is 0 Å². The van der Waals surface area contributed by atoms with Crippen LogP contribution in [0.2, 0.25) is 0 Å². The minimum Gasteiger partial charge on any atom is -0.459 e. The van der Waals surface area contributed by atoms with Gasteiger partial charge in [0, 0.05) is 6.54 Å². The van der Waals surface area contributed by atoms with E-state index in [1.807, 2.05) is 0 Å². The molecule has 0 saturated carbocycles. The van der Waals surface area contributed by atoms with Gasteiger partial charge in [0.25, 0.3) is 5.91 Å². The number of rotatable bonds is 4. The first kappa shape index (κ1) is 15.1. The van der Waals surface area contributed by atoms with E-state index in [1.54, 1.807) is 24.3 Å². The fourth-order valence-electron chi connectivity index (χ4n) is 1.82. The Morgan fingerprint density at radius 3 is 2.62 bits per heavy atom. The van der Waals surface area contributed by atoms with E-state index in [9.17, 15) is 18.0 Å².